The zero-order valence-corrected chi connectivity index (χ0v) is 17.9. The molecule has 0 bridgehead atoms. The van der Waals surface area contributed by atoms with Gasteiger partial charge in [-0.2, -0.15) is 0 Å². The van der Waals surface area contributed by atoms with Crippen molar-refractivity contribution in [2.24, 2.45) is 0 Å². The number of H-pyrrole nitrogens is 1. The Morgan fingerprint density at radius 2 is 2.11 bits per heavy atom. The summed E-state index contributed by atoms with van der Waals surface area (Å²) in [4.78, 5) is 34.0. The van der Waals surface area contributed by atoms with E-state index in [1.807, 2.05) is 45.0 Å². The molecule has 28 heavy (non-hydrogen) atoms. The Hall–Kier alpha value is -2.32. The molecule has 0 fully saturated rings. The fourth-order valence-corrected chi connectivity index (χ4v) is 4.65. The Morgan fingerprint density at radius 1 is 1.36 bits per heavy atom. The number of hydrogen-bond acceptors (Lipinski definition) is 6. The highest BCUT2D eigenvalue weighted by Crippen LogP contribution is 2.26. The van der Waals surface area contributed by atoms with Gasteiger partial charge in [-0.25, -0.2) is 4.98 Å². The van der Waals surface area contributed by atoms with Crippen LogP contribution in [-0.4, -0.2) is 28.2 Å². The first kappa shape index (κ1) is 20.4. The molecule has 1 atom stereocenters. The fourth-order valence-electron chi connectivity index (χ4n) is 2.82. The van der Waals surface area contributed by atoms with E-state index in [4.69, 9.17) is 4.74 Å². The molecule has 1 aromatic carbocycles. The van der Waals surface area contributed by atoms with Gasteiger partial charge in [0.2, 0.25) is 5.91 Å². The van der Waals surface area contributed by atoms with Gasteiger partial charge in [-0.15, -0.1) is 23.1 Å². The number of hydrogen-bond donors (Lipinski definition) is 2. The third kappa shape index (κ3) is 4.39. The molecule has 2 aromatic heterocycles. The fraction of sp³-hybridized carbons (Fsp3) is 0.350. The smallest absolute Gasteiger partial charge is 0.259 e. The Balaban J connectivity index is 1.60. The Kier molecular flexibility index (Phi) is 6.41. The largest absolute Gasteiger partial charge is 0.496 e. The van der Waals surface area contributed by atoms with Gasteiger partial charge >= 0.3 is 0 Å². The normalized spacial score (nSPS) is 12.1. The number of aromatic nitrogens is 2. The van der Waals surface area contributed by atoms with Crippen LogP contribution in [0.5, 0.6) is 5.75 Å². The van der Waals surface area contributed by atoms with Crippen LogP contribution in [0.2, 0.25) is 0 Å². The number of para-hydroxylation sites is 1. The number of aryl methyl sites for hydroxylation is 2. The van der Waals surface area contributed by atoms with Crippen LogP contribution in [-0.2, 0) is 17.1 Å². The number of aromatic amines is 1. The van der Waals surface area contributed by atoms with Crippen LogP contribution in [0.4, 0.5) is 0 Å². The zero-order valence-electron chi connectivity index (χ0n) is 16.3. The van der Waals surface area contributed by atoms with E-state index in [1.54, 1.807) is 7.11 Å². The van der Waals surface area contributed by atoms with Crippen LogP contribution in [0.25, 0.3) is 10.2 Å². The lowest BCUT2D eigenvalue weighted by Crippen LogP contribution is -2.30. The van der Waals surface area contributed by atoms with Crippen molar-refractivity contribution in [1.82, 2.24) is 15.3 Å². The Bertz CT molecular complexity index is 1060. The number of methoxy groups -OCH3 is 1. The number of fused-ring (bicyclic) bond motifs is 1. The monoisotopic (exact) mass is 417 g/mol. The summed E-state index contributed by atoms with van der Waals surface area (Å²) < 4.78 is 5.30. The van der Waals surface area contributed by atoms with Crippen molar-refractivity contribution in [3.8, 4) is 5.75 Å². The van der Waals surface area contributed by atoms with Crippen molar-refractivity contribution in [2.45, 2.75) is 38.3 Å². The highest BCUT2D eigenvalue weighted by molar-refractivity contribution is 7.99. The van der Waals surface area contributed by atoms with Crippen LogP contribution in [0.1, 0.15) is 28.8 Å². The maximum atomic E-state index is 12.4. The predicted molar refractivity (Wildman–Crippen MR) is 115 cm³/mol. The summed E-state index contributed by atoms with van der Waals surface area (Å²) in [7, 11) is 1.61. The first-order valence-corrected chi connectivity index (χ1v) is 10.8. The Morgan fingerprint density at radius 3 is 2.86 bits per heavy atom. The molecule has 6 nitrogen and oxygen atoms in total. The van der Waals surface area contributed by atoms with E-state index in [0.717, 1.165) is 26.6 Å². The van der Waals surface area contributed by atoms with Gasteiger partial charge in [0, 0.05) is 17.0 Å². The first-order valence-electron chi connectivity index (χ1n) is 8.90. The molecule has 148 valence electrons. The van der Waals surface area contributed by atoms with E-state index in [1.165, 1.54) is 23.1 Å². The second-order valence-corrected chi connectivity index (χ2v) is 8.99. The Labute approximate surface area is 171 Å². The van der Waals surface area contributed by atoms with Crippen LogP contribution >= 0.6 is 23.1 Å². The molecule has 0 radical (unpaired) electrons. The molecule has 2 N–H and O–H groups in total. The minimum Gasteiger partial charge on any atom is -0.496 e. The quantitative estimate of drug-likeness (QED) is 0.614. The van der Waals surface area contributed by atoms with Crippen molar-refractivity contribution in [1.29, 1.82) is 0 Å². The van der Waals surface area contributed by atoms with Crippen molar-refractivity contribution in [3.63, 3.8) is 0 Å². The number of thioether (sulfide) groups is 1. The summed E-state index contributed by atoms with van der Waals surface area (Å²) in [6.45, 7) is 6.18. The lowest BCUT2D eigenvalue weighted by molar-refractivity contribution is -0.120. The molecule has 3 rings (SSSR count). The number of benzene rings is 1. The number of amides is 1. The second kappa shape index (κ2) is 8.79. The van der Waals surface area contributed by atoms with Gasteiger partial charge in [-0.1, -0.05) is 18.2 Å². The SMILES string of the molecule is COc1ccccc1CNC(=O)[C@@H](C)SCc1nc2sc(C)c(C)c2c(=O)[nH]1. The van der Waals surface area contributed by atoms with Crippen molar-refractivity contribution in [2.75, 3.05) is 7.11 Å². The van der Waals surface area contributed by atoms with Crippen LogP contribution in [0.3, 0.4) is 0 Å². The van der Waals surface area contributed by atoms with Gasteiger partial charge in [0.1, 0.15) is 16.4 Å². The number of carbonyl (C=O) groups is 1. The molecular formula is C20H23N3O3S2. The zero-order chi connectivity index (χ0) is 20.3. The number of ether oxygens (including phenoxy) is 1. The molecular weight excluding hydrogens is 394 g/mol. The van der Waals surface area contributed by atoms with Crippen LogP contribution in [0, 0.1) is 13.8 Å². The van der Waals surface area contributed by atoms with E-state index in [-0.39, 0.29) is 16.7 Å². The van der Waals surface area contributed by atoms with Gasteiger partial charge in [0.05, 0.1) is 23.5 Å². The van der Waals surface area contributed by atoms with Crippen LogP contribution < -0.4 is 15.6 Å². The molecule has 3 aromatic rings. The number of nitrogens with one attached hydrogen (secondary N) is 2. The van der Waals surface area contributed by atoms with E-state index < -0.39 is 0 Å². The lowest BCUT2D eigenvalue weighted by atomic mass is 10.2. The highest BCUT2D eigenvalue weighted by atomic mass is 32.2. The van der Waals surface area contributed by atoms with E-state index in [0.29, 0.717) is 23.5 Å². The molecule has 0 saturated carbocycles. The molecule has 0 aliphatic heterocycles. The highest BCUT2D eigenvalue weighted by Gasteiger charge is 2.16. The topological polar surface area (TPSA) is 84.1 Å². The minimum absolute atomic E-state index is 0.0675. The van der Waals surface area contributed by atoms with Crippen LogP contribution in [0.15, 0.2) is 29.1 Å². The molecule has 0 spiro atoms. The first-order chi connectivity index (χ1) is 13.4. The predicted octanol–water partition coefficient (Wildman–Crippen LogP) is 3.55. The van der Waals surface area contributed by atoms with E-state index in [9.17, 15) is 9.59 Å². The third-order valence-electron chi connectivity index (χ3n) is 4.57. The third-order valence-corrected chi connectivity index (χ3v) is 6.83. The molecule has 0 unspecified atom stereocenters. The molecule has 1 amide bonds. The summed E-state index contributed by atoms with van der Waals surface area (Å²) in [6.07, 6.45) is 0. The number of carbonyl (C=O) groups excluding carboxylic acids is 1. The molecule has 0 saturated heterocycles. The van der Waals surface area contributed by atoms with E-state index >= 15 is 0 Å². The summed E-state index contributed by atoms with van der Waals surface area (Å²) in [6, 6.07) is 7.59. The van der Waals surface area contributed by atoms with Gasteiger partial charge < -0.3 is 15.0 Å². The second-order valence-electron chi connectivity index (χ2n) is 6.46. The summed E-state index contributed by atoms with van der Waals surface area (Å²) in [5, 5.41) is 3.32. The van der Waals surface area contributed by atoms with Gasteiger partial charge in [0.25, 0.3) is 5.56 Å². The number of rotatable bonds is 7. The summed E-state index contributed by atoms with van der Waals surface area (Å²) >= 11 is 2.96. The van der Waals surface area contributed by atoms with Crippen molar-refractivity contribution >= 4 is 39.2 Å². The average Bonchev–Trinajstić information content (AvgIpc) is 2.98. The maximum absolute atomic E-state index is 12.4. The molecule has 0 aliphatic carbocycles. The summed E-state index contributed by atoms with van der Waals surface area (Å²) in [5.41, 5.74) is 1.79. The summed E-state index contributed by atoms with van der Waals surface area (Å²) in [5.74, 6) is 1.74. The lowest BCUT2D eigenvalue weighted by Gasteiger charge is -2.13. The number of thiophene rings is 1. The molecule has 8 heteroatoms. The number of nitrogens with zero attached hydrogens (tertiary/aromatic N) is 1. The standard InChI is InChI=1S/C20H23N3O3S2/c1-11-12(2)28-20-17(11)19(25)22-16(23-20)10-27-13(3)18(24)21-9-14-7-5-6-8-15(14)26-4/h5-8,13H,9-10H2,1-4H3,(H,21,24)(H,22,23,25)/t13-/m1/s1. The van der Waals surface area contributed by atoms with Crippen molar-refractivity contribution in [3.05, 3.63) is 56.4 Å². The minimum atomic E-state index is -0.275. The van der Waals surface area contributed by atoms with Crippen molar-refractivity contribution < 1.29 is 9.53 Å². The van der Waals surface area contributed by atoms with E-state index in [2.05, 4.69) is 15.3 Å². The van der Waals surface area contributed by atoms with Gasteiger partial charge in [-0.3, -0.25) is 9.59 Å². The van der Waals surface area contributed by atoms with Gasteiger partial charge in [0.15, 0.2) is 0 Å². The molecule has 2 heterocycles. The average molecular weight is 418 g/mol. The van der Waals surface area contributed by atoms with Gasteiger partial charge in [-0.05, 0) is 32.4 Å². The maximum Gasteiger partial charge on any atom is 0.259 e. The molecule has 0 aliphatic rings.